The minimum Gasteiger partial charge on any atom is -0.494 e. The summed E-state index contributed by atoms with van der Waals surface area (Å²) in [7, 11) is 0. The van der Waals surface area contributed by atoms with Crippen LogP contribution in [0.25, 0.3) is 27.5 Å². The summed E-state index contributed by atoms with van der Waals surface area (Å²) in [5.41, 5.74) is 2.89. The van der Waals surface area contributed by atoms with E-state index in [1.54, 1.807) is 0 Å². The Balaban J connectivity index is 2.08. The van der Waals surface area contributed by atoms with Gasteiger partial charge in [-0.2, -0.15) is 0 Å². The first-order chi connectivity index (χ1) is 11.8. The summed E-state index contributed by atoms with van der Waals surface area (Å²) >= 11 is 0. The standard InChI is InChI=1S/C21H17NO2/c1-2-24-16-13-11-15(12-14-16)22-19-9-5-3-7-17(19)21(23)18-8-4-6-10-20(18)22/h3-14H,2H2,1H3. The molecule has 0 aliphatic carbocycles. The molecule has 0 atom stereocenters. The van der Waals surface area contributed by atoms with Gasteiger partial charge in [-0.1, -0.05) is 24.3 Å². The van der Waals surface area contributed by atoms with Crippen molar-refractivity contribution in [3.8, 4) is 11.4 Å². The number of ether oxygens (including phenoxy) is 1. The molecule has 3 aromatic carbocycles. The highest BCUT2D eigenvalue weighted by Crippen LogP contribution is 2.25. The highest BCUT2D eigenvalue weighted by atomic mass is 16.5. The number of rotatable bonds is 3. The average molecular weight is 315 g/mol. The lowest BCUT2D eigenvalue weighted by Gasteiger charge is -2.15. The van der Waals surface area contributed by atoms with E-state index in [9.17, 15) is 4.79 Å². The van der Waals surface area contributed by atoms with Crippen molar-refractivity contribution in [2.45, 2.75) is 6.92 Å². The van der Waals surface area contributed by atoms with E-state index in [1.165, 1.54) is 0 Å². The zero-order valence-electron chi connectivity index (χ0n) is 13.4. The number of fused-ring (bicyclic) bond motifs is 2. The minimum atomic E-state index is 0.0726. The fraction of sp³-hybridized carbons (Fsp3) is 0.0952. The van der Waals surface area contributed by atoms with Crippen molar-refractivity contribution >= 4 is 21.8 Å². The second-order valence-electron chi connectivity index (χ2n) is 5.63. The summed E-state index contributed by atoms with van der Waals surface area (Å²) < 4.78 is 7.66. The molecule has 0 bridgehead atoms. The fourth-order valence-electron chi connectivity index (χ4n) is 3.13. The molecule has 0 radical (unpaired) electrons. The number of benzene rings is 3. The lowest BCUT2D eigenvalue weighted by molar-refractivity contribution is 0.340. The van der Waals surface area contributed by atoms with Crippen LogP contribution in [-0.2, 0) is 0 Å². The molecule has 0 aliphatic rings. The molecule has 24 heavy (non-hydrogen) atoms. The summed E-state index contributed by atoms with van der Waals surface area (Å²) in [5, 5.41) is 1.45. The summed E-state index contributed by atoms with van der Waals surface area (Å²) in [6.07, 6.45) is 0. The molecule has 0 saturated carbocycles. The Bertz CT molecular complexity index is 1020. The van der Waals surface area contributed by atoms with Crippen molar-refractivity contribution in [1.82, 2.24) is 4.57 Å². The fourth-order valence-corrected chi connectivity index (χ4v) is 3.13. The van der Waals surface area contributed by atoms with E-state index in [2.05, 4.69) is 4.57 Å². The molecular weight excluding hydrogens is 298 g/mol. The summed E-state index contributed by atoms with van der Waals surface area (Å²) in [6, 6.07) is 23.4. The van der Waals surface area contributed by atoms with Gasteiger partial charge in [0.05, 0.1) is 17.6 Å². The van der Waals surface area contributed by atoms with E-state index < -0.39 is 0 Å². The maximum absolute atomic E-state index is 12.8. The maximum Gasteiger partial charge on any atom is 0.197 e. The lowest BCUT2D eigenvalue weighted by Crippen LogP contribution is -2.10. The predicted octanol–water partition coefficient (Wildman–Crippen LogP) is 4.54. The Morgan fingerprint density at radius 2 is 1.33 bits per heavy atom. The van der Waals surface area contributed by atoms with Gasteiger partial charge in [0, 0.05) is 16.5 Å². The predicted molar refractivity (Wildman–Crippen MR) is 98.2 cm³/mol. The Kier molecular flexibility index (Phi) is 3.54. The van der Waals surface area contributed by atoms with Crippen LogP contribution < -0.4 is 10.2 Å². The van der Waals surface area contributed by atoms with E-state index in [4.69, 9.17) is 4.74 Å². The minimum absolute atomic E-state index is 0.0726. The highest BCUT2D eigenvalue weighted by molar-refractivity contribution is 5.95. The van der Waals surface area contributed by atoms with Crippen molar-refractivity contribution in [2.24, 2.45) is 0 Å². The number of hydrogen-bond acceptors (Lipinski definition) is 2. The highest BCUT2D eigenvalue weighted by Gasteiger charge is 2.11. The Labute approximate surface area is 139 Å². The lowest BCUT2D eigenvalue weighted by atomic mass is 10.1. The monoisotopic (exact) mass is 315 g/mol. The van der Waals surface area contributed by atoms with Crippen molar-refractivity contribution in [1.29, 1.82) is 0 Å². The van der Waals surface area contributed by atoms with Crippen LogP contribution in [0.1, 0.15) is 6.92 Å². The van der Waals surface area contributed by atoms with Gasteiger partial charge in [-0.25, -0.2) is 0 Å². The summed E-state index contributed by atoms with van der Waals surface area (Å²) in [5.74, 6) is 0.843. The second-order valence-corrected chi connectivity index (χ2v) is 5.63. The number of nitrogens with zero attached hydrogens (tertiary/aromatic N) is 1. The SMILES string of the molecule is CCOc1ccc(-n2c3ccccc3c(=O)c3ccccc32)cc1. The molecule has 0 amide bonds. The molecule has 0 aliphatic heterocycles. The Hall–Kier alpha value is -3.07. The molecule has 118 valence electrons. The van der Waals surface area contributed by atoms with E-state index in [1.807, 2.05) is 79.7 Å². The molecule has 1 aromatic heterocycles. The molecular formula is C21H17NO2. The summed E-state index contributed by atoms with van der Waals surface area (Å²) in [4.78, 5) is 12.8. The van der Waals surface area contributed by atoms with Crippen LogP contribution in [0.4, 0.5) is 0 Å². The topological polar surface area (TPSA) is 31.2 Å². The number of pyridine rings is 1. The number of para-hydroxylation sites is 2. The van der Waals surface area contributed by atoms with Gasteiger partial charge in [0.2, 0.25) is 0 Å². The third-order valence-electron chi connectivity index (χ3n) is 4.19. The molecule has 0 spiro atoms. The molecule has 0 N–H and O–H groups in total. The molecule has 0 unspecified atom stereocenters. The van der Waals surface area contributed by atoms with Crippen LogP contribution in [0.2, 0.25) is 0 Å². The Morgan fingerprint density at radius 3 is 1.88 bits per heavy atom. The zero-order valence-corrected chi connectivity index (χ0v) is 13.4. The third kappa shape index (κ3) is 2.26. The first-order valence-corrected chi connectivity index (χ1v) is 8.05. The average Bonchev–Trinajstić information content (AvgIpc) is 2.64. The van der Waals surface area contributed by atoms with Crippen LogP contribution in [0.3, 0.4) is 0 Å². The van der Waals surface area contributed by atoms with E-state index >= 15 is 0 Å². The van der Waals surface area contributed by atoms with Crippen molar-refractivity contribution in [3.05, 3.63) is 83.0 Å². The normalized spacial score (nSPS) is 11.0. The van der Waals surface area contributed by atoms with Crippen molar-refractivity contribution in [2.75, 3.05) is 6.61 Å². The summed E-state index contributed by atoms with van der Waals surface area (Å²) in [6.45, 7) is 2.61. The molecule has 3 heteroatoms. The van der Waals surface area contributed by atoms with Gasteiger partial charge in [-0.3, -0.25) is 4.79 Å². The van der Waals surface area contributed by atoms with Crippen LogP contribution in [0, 0.1) is 0 Å². The second kappa shape index (κ2) is 5.85. The van der Waals surface area contributed by atoms with Gasteiger partial charge in [0.25, 0.3) is 0 Å². The zero-order chi connectivity index (χ0) is 16.5. The van der Waals surface area contributed by atoms with Gasteiger partial charge < -0.3 is 9.30 Å². The molecule has 0 fully saturated rings. The van der Waals surface area contributed by atoms with Crippen molar-refractivity contribution in [3.63, 3.8) is 0 Å². The van der Waals surface area contributed by atoms with Gasteiger partial charge in [0.1, 0.15) is 5.75 Å². The molecule has 3 nitrogen and oxygen atoms in total. The van der Waals surface area contributed by atoms with E-state index in [0.29, 0.717) is 6.61 Å². The quantitative estimate of drug-likeness (QED) is 0.520. The van der Waals surface area contributed by atoms with Gasteiger partial charge >= 0.3 is 0 Å². The van der Waals surface area contributed by atoms with E-state index in [0.717, 1.165) is 33.2 Å². The first kappa shape index (κ1) is 14.5. The molecule has 0 saturated heterocycles. The molecule has 1 heterocycles. The van der Waals surface area contributed by atoms with Gasteiger partial charge in [0.15, 0.2) is 5.43 Å². The van der Waals surface area contributed by atoms with Crippen LogP contribution >= 0.6 is 0 Å². The smallest absolute Gasteiger partial charge is 0.197 e. The van der Waals surface area contributed by atoms with E-state index in [-0.39, 0.29) is 5.43 Å². The van der Waals surface area contributed by atoms with Crippen molar-refractivity contribution < 1.29 is 4.74 Å². The first-order valence-electron chi connectivity index (χ1n) is 8.05. The largest absolute Gasteiger partial charge is 0.494 e. The number of hydrogen-bond donors (Lipinski definition) is 0. The van der Waals surface area contributed by atoms with Crippen LogP contribution in [0.5, 0.6) is 5.75 Å². The van der Waals surface area contributed by atoms with Crippen LogP contribution in [-0.4, -0.2) is 11.2 Å². The third-order valence-corrected chi connectivity index (χ3v) is 4.19. The van der Waals surface area contributed by atoms with Gasteiger partial charge in [-0.05, 0) is 55.5 Å². The van der Waals surface area contributed by atoms with Crippen LogP contribution in [0.15, 0.2) is 77.6 Å². The Morgan fingerprint density at radius 1 is 0.792 bits per heavy atom. The maximum atomic E-state index is 12.8. The number of aromatic nitrogens is 1. The molecule has 4 rings (SSSR count). The molecule has 4 aromatic rings. The van der Waals surface area contributed by atoms with Gasteiger partial charge in [-0.15, -0.1) is 0 Å².